The van der Waals surface area contributed by atoms with E-state index in [2.05, 4.69) is 22.3 Å². The maximum absolute atomic E-state index is 12.7. The Balaban J connectivity index is 1.62. The first kappa shape index (κ1) is 18.4. The molecule has 1 saturated heterocycles. The van der Waals surface area contributed by atoms with E-state index in [4.69, 9.17) is 4.52 Å². The number of carbonyl (C=O) groups excluding carboxylic acids is 1. The highest BCUT2D eigenvalue weighted by atomic mass is 16.5. The lowest BCUT2D eigenvalue weighted by Gasteiger charge is -2.33. The molecule has 0 bridgehead atoms. The average molecular weight is 356 g/mol. The molecule has 0 aromatic carbocycles. The molecule has 3 heterocycles. The summed E-state index contributed by atoms with van der Waals surface area (Å²) in [5.74, 6) is 2.38. The third-order valence-corrected chi connectivity index (χ3v) is 5.24. The minimum atomic E-state index is 0.219. The number of aryl methyl sites for hydroxylation is 2. The van der Waals surface area contributed by atoms with Gasteiger partial charge in [0.2, 0.25) is 5.91 Å². The molecule has 1 aliphatic heterocycles. The van der Waals surface area contributed by atoms with Crippen molar-refractivity contribution in [2.24, 2.45) is 0 Å². The molecule has 1 atom stereocenters. The smallest absolute Gasteiger partial charge is 0.222 e. The van der Waals surface area contributed by atoms with Crippen LogP contribution in [0.4, 0.5) is 5.82 Å². The van der Waals surface area contributed by atoms with Gasteiger partial charge < -0.3 is 14.3 Å². The van der Waals surface area contributed by atoms with E-state index in [-0.39, 0.29) is 5.91 Å². The predicted molar refractivity (Wildman–Crippen MR) is 101 cm³/mol. The molecule has 0 N–H and O–H groups in total. The quantitative estimate of drug-likeness (QED) is 0.824. The molecule has 1 amide bonds. The molecule has 3 rings (SSSR count). The number of nitrogens with zero attached hydrogens (tertiary/aromatic N) is 4. The van der Waals surface area contributed by atoms with Gasteiger partial charge in [-0.3, -0.25) is 4.79 Å². The van der Waals surface area contributed by atoms with Crippen LogP contribution in [0.15, 0.2) is 22.9 Å². The van der Waals surface area contributed by atoms with Gasteiger partial charge in [0.15, 0.2) is 0 Å². The molecule has 0 unspecified atom stereocenters. The van der Waals surface area contributed by atoms with Gasteiger partial charge in [-0.15, -0.1) is 0 Å². The molecule has 0 radical (unpaired) electrons. The molecule has 0 aliphatic carbocycles. The van der Waals surface area contributed by atoms with Crippen molar-refractivity contribution in [3.05, 3.63) is 40.9 Å². The molecule has 26 heavy (non-hydrogen) atoms. The third kappa shape index (κ3) is 4.06. The van der Waals surface area contributed by atoms with E-state index in [1.165, 1.54) is 5.56 Å². The highest BCUT2D eigenvalue weighted by molar-refractivity contribution is 5.76. The zero-order valence-corrected chi connectivity index (χ0v) is 16.2. The summed E-state index contributed by atoms with van der Waals surface area (Å²) in [6.45, 7) is 5.47. The van der Waals surface area contributed by atoms with Crippen molar-refractivity contribution in [2.75, 3.05) is 32.1 Å². The van der Waals surface area contributed by atoms with Crippen molar-refractivity contribution in [1.82, 2.24) is 15.0 Å². The van der Waals surface area contributed by atoms with Crippen molar-refractivity contribution in [1.29, 1.82) is 0 Å². The first-order chi connectivity index (χ1) is 12.5. The zero-order chi connectivity index (χ0) is 18.7. The fourth-order valence-corrected chi connectivity index (χ4v) is 3.66. The summed E-state index contributed by atoms with van der Waals surface area (Å²) < 4.78 is 5.19. The number of likely N-dealkylation sites (tertiary alicyclic amines) is 1. The molecule has 2 aromatic rings. The molecule has 6 heteroatoms. The minimum Gasteiger partial charge on any atom is -0.363 e. The van der Waals surface area contributed by atoms with Crippen LogP contribution < -0.4 is 4.90 Å². The number of rotatable bonds is 5. The van der Waals surface area contributed by atoms with Gasteiger partial charge in [-0.05, 0) is 50.8 Å². The van der Waals surface area contributed by atoms with E-state index in [0.717, 1.165) is 48.8 Å². The van der Waals surface area contributed by atoms with Crippen LogP contribution in [0, 0.1) is 13.8 Å². The highest BCUT2D eigenvalue weighted by Gasteiger charge is 2.25. The average Bonchev–Trinajstić information content (AvgIpc) is 2.97. The van der Waals surface area contributed by atoms with Crippen LogP contribution >= 0.6 is 0 Å². The second-order valence-electron chi connectivity index (χ2n) is 7.32. The fourth-order valence-electron chi connectivity index (χ4n) is 3.66. The van der Waals surface area contributed by atoms with E-state index in [1.807, 2.05) is 43.9 Å². The number of hydrogen-bond acceptors (Lipinski definition) is 5. The van der Waals surface area contributed by atoms with Gasteiger partial charge >= 0.3 is 0 Å². The molecule has 6 nitrogen and oxygen atoms in total. The standard InChI is InChI=1S/C20H28N4O2/c1-14-18(15(2)26-22-14)7-8-20(25)24-11-5-6-17(13-24)16-9-10-21-19(12-16)23(3)4/h9-10,12,17H,5-8,11,13H2,1-4H3/t17-/m0/s1. The van der Waals surface area contributed by atoms with Crippen molar-refractivity contribution < 1.29 is 9.32 Å². The maximum Gasteiger partial charge on any atom is 0.222 e. The SMILES string of the molecule is Cc1noc(C)c1CCC(=O)N1CCC[C@H](c2ccnc(N(C)C)c2)C1. The minimum absolute atomic E-state index is 0.219. The first-order valence-corrected chi connectivity index (χ1v) is 9.28. The van der Waals surface area contributed by atoms with E-state index in [9.17, 15) is 4.79 Å². The van der Waals surface area contributed by atoms with Crippen LogP contribution in [0.1, 0.15) is 47.8 Å². The Morgan fingerprint density at radius 1 is 1.38 bits per heavy atom. The molecule has 0 saturated carbocycles. The molecule has 1 aliphatic rings. The predicted octanol–water partition coefficient (Wildman–Crippen LogP) is 3.09. The number of amides is 1. The molecule has 2 aromatic heterocycles. The second-order valence-corrected chi connectivity index (χ2v) is 7.32. The van der Waals surface area contributed by atoms with E-state index < -0.39 is 0 Å². The van der Waals surface area contributed by atoms with Crippen molar-refractivity contribution in [2.45, 2.75) is 45.4 Å². The Morgan fingerprint density at radius 2 is 2.19 bits per heavy atom. The van der Waals surface area contributed by atoms with Gasteiger partial charge in [-0.2, -0.15) is 0 Å². The Labute approximate surface area is 155 Å². The summed E-state index contributed by atoms with van der Waals surface area (Å²) in [5.41, 5.74) is 3.23. The number of piperidine rings is 1. The summed E-state index contributed by atoms with van der Waals surface area (Å²) in [6.07, 6.45) is 5.23. The monoisotopic (exact) mass is 356 g/mol. The Kier molecular flexibility index (Phi) is 5.59. The summed E-state index contributed by atoms with van der Waals surface area (Å²) in [6, 6.07) is 4.22. The largest absolute Gasteiger partial charge is 0.363 e. The van der Waals surface area contributed by atoms with Crippen molar-refractivity contribution >= 4 is 11.7 Å². The van der Waals surface area contributed by atoms with Crippen LogP contribution in [0.3, 0.4) is 0 Å². The van der Waals surface area contributed by atoms with E-state index in [0.29, 0.717) is 18.8 Å². The van der Waals surface area contributed by atoms with Gasteiger partial charge in [0.05, 0.1) is 5.69 Å². The number of aromatic nitrogens is 2. The lowest BCUT2D eigenvalue weighted by Crippen LogP contribution is -2.39. The molecule has 140 valence electrons. The summed E-state index contributed by atoms with van der Waals surface area (Å²) in [5, 5.41) is 3.97. The van der Waals surface area contributed by atoms with Crippen LogP contribution in [0.25, 0.3) is 0 Å². The fraction of sp³-hybridized carbons (Fsp3) is 0.550. The lowest BCUT2D eigenvalue weighted by molar-refractivity contribution is -0.132. The number of pyridine rings is 1. The number of anilines is 1. The topological polar surface area (TPSA) is 62.5 Å². The summed E-state index contributed by atoms with van der Waals surface area (Å²) >= 11 is 0. The van der Waals surface area contributed by atoms with Gasteiger partial charge in [-0.1, -0.05) is 5.16 Å². The number of hydrogen-bond donors (Lipinski definition) is 0. The second kappa shape index (κ2) is 7.89. The molecule has 0 spiro atoms. The maximum atomic E-state index is 12.7. The van der Waals surface area contributed by atoms with Crippen molar-refractivity contribution in [3.63, 3.8) is 0 Å². The van der Waals surface area contributed by atoms with Crippen LogP contribution in [-0.4, -0.2) is 48.1 Å². The number of carbonyl (C=O) groups is 1. The zero-order valence-electron chi connectivity index (χ0n) is 16.2. The Hall–Kier alpha value is -2.37. The molecule has 1 fully saturated rings. The summed E-state index contributed by atoms with van der Waals surface area (Å²) in [4.78, 5) is 21.1. The lowest BCUT2D eigenvalue weighted by atomic mass is 9.91. The third-order valence-electron chi connectivity index (χ3n) is 5.24. The highest BCUT2D eigenvalue weighted by Crippen LogP contribution is 2.29. The molecular formula is C20H28N4O2. The van der Waals surface area contributed by atoms with Gasteiger partial charge in [0.1, 0.15) is 11.6 Å². The van der Waals surface area contributed by atoms with Crippen LogP contribution in [-0.2, 0) is 11.2 Å². The Morgan fingerprint density at radius 3 is 2.88 bits per heavy atom. The molecular weight excluding hydrogens is 328 g/mol. The van der Waals surface area contributed by atoms with Gasteiger partial charge in [0.25, 0.3) is 0 Å². The Bertz CT molecular complexity index is 749. The summed E-state index contributed by atoms with van der Waals surface area (Å²) in [7, 11) is 4.00. The first-order valence-electron chi connectivity index (χ1n) is 9.28. The van der Waals surface area contributed by atoms with E-state index >= 15 is 0 Å². The van der Waals surface area contributed by atoms with Crippen LogP contribution in [0.5, 0.6) is 0 Å². The van der Waals surface area contributed by atoms with E-state index in [1.54, 1.807) is 0 Å². The normalized spacial score (nSPS) is 17.4. The van der Waals surface area contributed by atoms with Gasteiger partial charge in [0, 0.05) is 51.3 Å². The van der Waals surface area contributed by atoms with Crippen molar-refractivity contribution in [3.8, 4) is 0 Å². The van der Waals surface area contributed by atoms with Gasteiger partial charge in [-0.25, -0.2) is 4.98 Å². The van der Waals surface area contributed by atoms with Crippen LogP contribution in [0.2, 0.25) is 0 Å².